The minimum Gasteiger partial charge on any atom is -0.284 e. The Morgan fingerprint density at radius 2 is 1.75 bits per heavy atom. The molecule has 96 valence electrons. The van der Waals surface area contributed by atoms with Crippen molar-refractivity contribution in [3.8, 4) is 0 Å². The van der Waals surface area contributed by atoms with Gasteiger partial charge in [0, 0.05) is 12.4 Å². The van der Waals surface area contributed by atoms with Gasteiger partial charge in [-0.15, -0.1) is 0 Å². The van der Waals surface area contributed by atoms with Crippen LogP contribution in [0.25, 0.3) is 11.2 Å². The molecule has 0 aliphatic heterocycles. The topological polar surface area (TPSA) is 68.6 Å². The molecular formula is C14H8N4OS. The van der Waals surface area contributed by atoms with E-state index in [-0.39, 0.29) is 10.7 Å². The second kappa shape index (κ2) is 5.18. The van der Waals surface area contributed by atoms with Gasteiger partial charge in [0.15, 0.2) is 5.65 Å². The van der Waals surface area contributed by atoms with E-state index in [1.54, 1.807) is 18.3 Å². The van der Waals surface area contributed by atoms with Crippen LogP contribution in [-0.4, -0.2) is 30.6 Å². The lowest BCUT2D eigenvalue weighted by molar-refractivity contribution is 0.106. The first-order valence-corrected chi connectivity index (χ1v) is 6.24. The number of carbonyl (C=O) groups is 1. The highest BCUT2D eigenvalue weighted by Gasteiger charge is 2.17. The monoisotopic (exact) mass is 280 g/mol. The SMILES string of the molecule is O=C(C(=S)c1ccccc1)c1ncc2nccnc2n1. The summed E-state index contributed by atoms with van der Waals surface area (Å²) in [4.78, 5) is 28.7. The Hall–Kier alpha value is -2.60. The van der Waals surface area contributed by atoms with Crippen LogP contribution in [0, 0.1) is 0 Å². The molecule has 0 unspecified atom stereocenters. The van der Waals surface area contributed by atoms with E-state index in [0.29, 0.717) is 16.7 Å². The van der Waals surface area contributed by atoms with Crippen molar-refractivity contribution in [2.75, 3.05) is 0 Å². The fraction of sp³-hybridized carbons (Fsp3) is 0. The van der Waals surface area contributed by atoms with Crippen LogP contribution in [0.4, 0.5) is 0 Å². The number of thiocarbonyl (C=S) groups is 1. The van der Waals surface area contributed by atoms with Crippen LogP contribution < -0.4 is 0 Å². The number of ketones is 1. The molecule has 5 nitrogen and oxygen atoms in total. The Kier molecular flexibility index (Phi) is 3.22. The molecule has 0 fully saturated rings. The minimum atomic E-state index is -0.390. The average Bonchev–Trinajstić information content (AvgIpc) is 2.54. The lowest BCUT2D eigenvalue weighted by atomic mass is 10.1. The summed E-state index contributed by atoms with van der Waals surface area (Å²) in [6, 6.07) is 9.06. The molecule has 3 aromatic rings. The van der Waals surface area contributed by atoms with Gasteiger partial charge in [-0.05, 0) is 5.56 Å². The van der Waals surface area contributed by atoms with Crippen molar-refractivity contribution in [2.24, 2.45) is 0 Å². The van der Waals surface area contributed by atoms with Crippen molar-refractivity contribution in [2.45, 2.75) is 0 Å². The third-order valence-corrected chi connectivity index (χ3v) is 3.09. The van der Waals surface area contributed by atoms with Crippen LogP contribution in [0.15, 0.2) is 48.9 Å². The molecule has 0 bridgehead atoms. The number of nitrogens with zero attached hydrogens (tertiary/aromatic N) is 4. The normalized spacial score (nSPS) is 10.4. The Morgan fingerprint density at radius 1 is 1.00 bits per heavy atom. The summed E-state index contributed by atoms with van der Waals surface area (Å²) in [7, 11) is 0. The highest BCUT2D eigenvalue weighted by atomic mass is 32.1. The van der Waals surface area contributed by atoms with Gasteiger partial charge < -0.3 is 0 Å². The molecule has 6 heteroatoms. The number of fused-ring (bicyclic) bond motifs is 1. The van der Waals surface area contributed by atoms with E-state index < -0.39 is 5.78 Å². The summed E-state index contributed by atoms with van der Waals surface area (Å²) < 4.78 is 0. The first-order valence-electron chi connectivity index (χ1n) is 5.83. The quantitative estimate of drug-likeness (QED) is 0.540. The molecule has 0 atom stereocenters. The second-order valence-corrected chi connectivity index (χ2v) is 4.39. The Morgan fingerprint density at radius 3 is 2.55 bits per heavy atom. The zero-order chi connectivity index (χ0) is 13.9. The molecule has 0 saturated carbocycles. The fourth-order valence-electron chi connectivity index (χ4n) is 1.70. The molecule has 0 radical (unpaired) electrons. The van der Waals surface area contributed by atoms with Crippen molar-refractivity contribution in [3.63, 3.8) is 0 Å². The standard InChI is InChI=1S/C14H8N4OS/c19-11(12(20)9-4-2-1-3-5-9)14-17-8-10-13(18-14)16-7-6-15-10/h1-8H. The minimum absolute atomic E-state index is 0.0341. The van der Waals surface area contributed by atoms with Crippen LogP contribution in [0.3, 0.4) is 0 Å². The molecule has 0 aliphatic carbocycles. The number of carbonyl (C=O) groups excluding carboxylic acids is 1. The van der Waals surface area contributed by atoms with Crippen molar-refractivity contribution < 1.29 is 4.79 Å². The van der Waals surface area contributed by atoms with Gasteiger partial charge in [-0.1, -0.05) is 42.5 Å². The molecule has 0 N–H and O–H groups in total. The zero-order valence-electron chi connectivity index (χ0n) is 10.2. The largest absolute Gasteiger partial charge is 0.284 e. The smallest absolute Gasteiger partial charge is 0.241 e. The Labute approximate surface area is 119 Å². The maximum atomic E-state index is 12.3. The molecule has 20 heavy (non-hydrogen) atoms. The van der Waals surface area contributed by atoms with E-state index in [2.05, 4.69) is 19.9 Å². The molecule has 2 aromatic heterocycles. The summed E-state index contributed by atoms with van der Waals surface area (Å²) in [6.07, 6.45) is 4.52. The first kappa shape index (κ1) is 12.4. The van der Waals surface area contributed by atoms with E-state index in [1.807, 2.05) is 18.2 Å². The van der Waals surface area contributed by atoms with E-state index in [9.17, 15) is 4.79 Å². The summed E-state index contributed by atoms with van der Waals surface area (Å²) >= 11 is 5.18. The van der Waals surface area contributed by atoms with E-state index in [4.69, 9.17) is 12.2 Å². The van der Waals surface area contributed by atoms with Crippen LogP contribution in [0.2, 0.25) is 0 Å². The number of aromatic nitrogens is 4. The summed E-state index contributed by atoms with van der Waals surface area (Å²) in [5, 5.41) is 0. The highest BCUT2D eigenvalue weighted by Crippen LogP contribution is 2.08. The molecule has 0 spiro atoms. The third kappa shape index (κ3) is 2.28. The molecule has 0 saturated heterocycles. The number of hydrogen-bond acceptors (Lipinski definition) is 6. The first-order chi connectivity index (χ1) is 9.75. The van der Waals surface area contributed by atoms with Crippen LogP contribution in [0.5, 0.6) is 0 Å². The lowest BCUT2D eigenvalue weighted by Crippen LogP contribution is -2.16. The number of benzene rings is 1. The Bertz CT molecular complexity index is 804. The van der Waals surface area contributed by atoms with E-state index in [1.165, 1.54) is 12.4 Å². The van der Waals surface area contributed by atoms with Crippen LogP contribution >= 0.6 is 12.2 Å². The predicted octanol–water partition coefficient (Wildman–Crippen LogP) is 2.02. The molecule has 0 aliphatic rings. The van der Waals surface area contributed by atoms with Gasteiger partial charge in [-0.2, -0.15) is 0 Å². The van der Waals surface area contributed by atoms with Crippen molar-refractivity contribution in [1.29, 1.82) is 0 Å². The van der Waals surface area contributed by atoms with Crippen LogP contribution in [0.1, 0.15) is 16.2 Å². The van der Waals surface area contributed by atoms with Gasteiger partial charge in [0.2, 0.25) is 11.6 Å². The van der Waals surface area contributed by atoms with Gasteiger partial charge in [0.05, 0.1) is 11.1 Å². The molecule has 3 rings (SSSR count). The molecule has 0 amide bonds. The Balaban J connectivity index is 1.98. The molecular weight excluding hydrogens is 272 g/mol. The third-order valence-electron chi connectivity index (χ3n) is 2.67. The summed E-state index contributed by atoms with van der Waals surface area (Å²) in [5.74, 6) is -0.356. The fourth-order valence-corrected chi connectivity index (χ4v) is 1.93. The second-order valence-electron chi connectivity index (χ2n) is 3.98. The van der Waals surface area contributed by atoms with Crippen molar-refractivity contribution in [3.05, 3.63) is 60.3 Å². The number of Topliss-reactive ketones (excluding diaryl/α,β-unsaturated/α-hetero) is 1. The predicted molar refractivity (Wildman–Crippen MR) is 77.6 cm³/mol. The van der Waals surface area contributed by atoms with Gasteiger partial charge in [-0.3, -0.25) is 4.79 Å². The van der Waals surface area contributed by atoms with Crippen molar-refractivity contribution >= 4 is 34.0 Å². The van der Waals surface area contributed by atoms with Crippen molar-refractivity contribution in [1.82, 2.24) is 19.9 Å². The average molecular weight is 280 g/mol. The number of hydrogen-bond donors (Lipinski definition) is 0. The summed E-state index contributed by atoms with van der Waals surface area (Å²) in [6.45, 7) is 0. The van der Waals surface area contributed by atoms with E-state index >= 15 is 0 Å². The maximum Gasteiger partial charge on any atom is 0.241 e. The van der Waals surface area contributed by atoms with Crippen LogP contribution in [-0.2, 0) is 0 Å². The van der Waals surface area contributed by atoms with Gasteiger partial charge in [-0.25, -0.2) is 19.9 Å². The molecule has 1 aromatic carbocycles. The molecule has 2 heterocycles. The number of rotatable bonds is 3. The van der Waals surface area contributed by atoms with Gasteiger partial charge in [0.1, 0.15) is 5.52 Å². The summed E-state index contributed by atoms with van der Waals surface area (Å²) in [5.41, 5.74) is 1.59. The zero-order valence-corrected chi connectivity index (χ0v) is 11.0. The lowest BCUT2D eigenvalue weighted by Gasteiger charge is -2.02. The maximum absolute atomic E-state index is 12.3. The van der Waals surface area contributed by atoms with Gasteiger partial charge >= 0.3 is 0 Å². The van der Waals surface area contributed by atoms with Gasteiger partial charge in [0.25, 0.3) is 0 Å². The highest BCUT2D eigenvalue weighted by molar-refractivity contribution is 7.82. The van der Waals surface area contributed by atoms with E-state index in [0.717, 1.165) is 0 Å².